The summed E-state index contributed by atoms with van der Waals surface area (Å²) in [5.74, 6) is 0.572. The van der Waals surface area contributed by atoms with Crippen LogP contribution in [0.3, 0.4) is 0 Å². The Morgan fingerprint density at radius 2 is 1.84 bits per heavy atom. The first-order valence-corrected chi connectivity index (χ1v) is 13.9. The van der Waals surface area contributed by atoms with Crippen LogP contribution in [0.4, 0.5) is 0 Å². The largest absolute Gasteiger partial charge is 0.497 e. The van der Waals surface area contributed by atoms with Crippen molar-refractivity contribution >= 4 is 11.9 Å². The Balaban J connectivity index is 1.45. The highest BCUT2D eigenvalue weighted by molar-refractivity contribution is 5.76. The fourth-order valence-electron chi connectivity index (χ4n) is 6.51. The van der Waals surface area contributed by atoms with Crippen molar-refractivity contribution in [3.8, 4) is 5.75 Å². The highest BCUT2D eigenvalue weighted by atomic mass is 16.7. The minimum atomic E-state index is -0.752. The summed E-state index contributed by atoms with van der Waals surface area (Å²) >= 11 is 0. The second kappa shape index (κ2) is 12.8. The molecule has 1 aliphatic heterocycles. The molecule has 2 aliphatic rings. The summed E-state index contributed by atoms with van der Waals surface area (Å²) in [6.45, 7) is 2.67. The fourth-order valence-corrected chi connectivity index (χ4v) is 6.51. The molecule has 206 valence electrons. The Bertz CT molecular complexity index is 1080. The summed E-state index contributed by atoms with van der Waals surface area (Å²) in [5.41, 5.74) is 1.21. The number of nitrogens with zero attached hydrogens (tertiary/aromatic N) is 1. The van der Waals surface area contributed by atoms with E-state index in [0.29, 0.717) is 32.4 Å². The van der Waals surface area contributed by atoms with Crippen LogP contribution in [0.5, 0.6) is 5.75 Å². The number of benzene rings is 2. The van der Waals surface area contributed by atoms with Crippen LogP contribution < -0.4 is 10.1 Å². The Kier molecular flexibility index (Phi) is 9.44. The van der Waals surface area contributed by atoms with Crippen molar-refractivity contribution in [3.63, 3.8) is 0 Å². The Hall–Kier alpha value is -2.90. The van der Waals surface area contributed by atoms with Gasteiger partial charge in [0.1, 0.15) is 11.4 Å². The van der Waals surface area contributed by atoms with Gasteiger partial charge in [-0.3, -0.25) is 9.59 Å². The highest BCUT2D eigenvalue weighted by Gasteiger charge is 2.61. The van der Waals surface area contributed by atoms with Crippen LogP contribution in [0.2, 0.25) is 0 Å². The van der Waals surface area contributed by atoms with Gasteiger partial charge in [-0.1, -0.05) is 48.9 Å². The van der Waals surface area contributed by atoms with Gasteiger partial charge in [0.05, 0.1) is 20.8 Å². The van der Waals surface area contributed by atoms with E-state index in [1.54, 1.807) is 14.2 Å². The molecule has 38 heavy (non-hydrogen) atoms. The van der Waals surface area contributed by atoms with E-state index < -0.39 is 11.0 Å². The standard InChI is InChI=1S/C31H42N2O5/c1-24(34)38-31-18-17-27(32-29(35)16-9-5-8-13-25-11-6-4-7-12-25)22-30(31,19-20-33(23-31)37-3)26-14-10-15-28(21-26)36-2/h4,6-7,10-12,14-15,21,27H,5,8-9,13,16-20,22-23H2,1-3H3,(H,32,35)/t27-,30+,31+/m1/s1. The van der Waals surface area contributed by atoms with Crippen molar-refractivity contribution in [2.75, 3.05) is 27.3 Å². The number of nitrogens with one attached hydrogen (secondary N) is 1. The summed E-state index contributed by atoms with van der Waals surface area (Å²) in [6, 6.07) is 18.6. The molecule has 1 saturated carbocycles. The van der Waals surface area contributed by atoms with Gasteiger partial charge in [-0.15, -0.1) is 0 Å². The van der Waals surface area contributed by atoms with Crippen LogP contribution in [0.15, 0.2) is 54.6 Å². The van der Waals surface area contributed by atoms with Crippen LogP contribution in [0, 0.1) is 0 Å². The van der Waals surface area contributed by atoms with Crippen LogP contribution in [0.25, 0.3) is 0 Å². The molecule has 1 N–H and O–H groups in total. The van der Waals surface area contributed by atoms with E-state index in [-0.39, 0.29) is 17.9 Å². The van der Waals surface area contributed by atoms with Gasteiger partial charge in [-0.05, 0) is 68.2 Å². The van der Waals surface area contributed by atoms with Gasteiger partial charge < -0.3 is 19.6 Å². The lowest BCUT2D eigenvalue weighted by atomic mass is 9.55. The number of fused-ring (bicyclic) bond motifs is 1. The van der Waals surface area contributed by atoms with Crippen molar-refractivity contribution in [1.29, 1.82) is 0 Å². The van der Waals surface area contributed by atoms with Gasteiger partial charge in [0.2, 0.25) is 5.91 Å². The van der Waals surface area contributed by atoms with E-state index in [0.717, 1.165) is 49.8 Å². The van der Waals surface area contributed by atoms with Crippen LogP contribution in [-0.2, 0) is 31.0 Å². The Morgan fingerprint density at radius 3 is 2.58 bits per heavy atom. The lowest BCUT2D eigenvalue weighted by molar-refractivity contribution is -0.237. The maximum atomic E-state index is 13.0. The molecule has 0 unspecified atom stereocenters. The minimum Gasteiger partial charge on any atom is -0.497 e. The number of piperidine rings is 1. The minimum absolute atomic E-state index is 0.01000. The number of hydrogen-bond donors (Lipinski definition) is 1. The van der Waals surface area contributed by atoms with E-state index in [9.17, 15) is 9.59 Å². The van der Waals surface area contributed by atoms with Gasteiger partial charge in [0.25, 0.3) is 0 Å². The molecule has 1 aliphatic carbocycles. The molecule has 3 atom stereocenters. The summed E-state index contributed by atoms with van der Waals surface area (Å²) in [6.07, 6.45) is 7.41. The fraction of sp³-hybridized carbons (Fsp3) is 0.548. The van der Waals surface area contributed by atoms with Gasteiger partial charge in [0.15, 0.2) is 0 Å². The number of rotatable bonds is 11. The summed E-state index contributed by atoms with van der Waals surface area (Å²) < 4.78 is 11.8. The number of amides is 1. The molecule has 7 nitrogen and oxygen atoms in total. The number of esters is 1. The molecule has 7 heteroatoms. The molecule has 0 aromatic heterocycles. The zero-order chi connectivity index (χ0) is 27.0. The van der Waals surface area contributed by atoms with Crippen LogP contribution >= 0.6 is 0 Å². The predicted molar refractivity (Wildman–Crippen MR) is 147 cm³/mol. The van der Waals surface area contributed by atoms with Gasteiger partial charge in [0, 0.05) is 31.3 Å². The molecule has 1 saturated heterocycles. The number of hydrogen-bond acceptors (Lipinski definition) is 6. The van der Waals surface area contributed by atoms with E-state index >= 15 is 0 Å². The van der Waals surface area contributed by atoms with E-state index in [2.05, 4.69) is 41.7 Å². The maximum absolute atomic E-state index is 13.0. The lowest BCUT2D eigenvalue weighted by Crippen LogP contribution is -2.68. The third kappa shape index (κ3) is 6.38. The summed E-state index contributed by atoms with van der Waals surface area (Å²) in [5, 5.41) is 5.21. The molecule has 2 aromatic rings. The number of carbonyl (C=O) groups excluding carboxylic acids is 2. The summed E-state index contributed by atoms with van der Waals surface area (Å²) in [7, 11) is 3.32. The number of carbonyl (C=O) groups is 2. The van der Waals surface area contributed by atoms with E-state index in [1.165, 1.54) is 12.5 Å². The van der Waals surface area contributed by atoms with E-state index in [4.69, 9.17) is 14.3 Å². The average Bonchev–Trinajstić information content (AvgIpc) is 2.93. The molecule has 4 rings (SSSR count). The van der Waals surface area contributed by atoms with E-state index in [1.807, 2.05) is 23.3 Å². The van der Waals surface area contributed by atoms with Crippen molar-refractivity contribution in [3.05, 3.63) is 65.7 Å². The van der Waals surface area contributed by atoms with Crippen molar-refractivity contribution in [2.24, 2.45) is 0 Å². The first-order chi connectivity index (χ1) is 18.4. The van der Waals surface area contributed by atoms with Gasteiger partial charge in [-0.25, -0.2) is 0 Å². The lowest BCUT2D eigenvalue weighted by Gasteiger charge is -2.58. The van der Waals surface area contributed by atoms with Crippen molar-refractivity contribution < 1.29 is 23.9 Å². The zero-order valence-corrected chi connectivity index (χ0v) is 23.0. The molecule has 2 fully saturated rings. The van der Waals surface area contributed by atoms with Crippen molar-refractivity contribution in [2.45, 2.75) is 81.8 Å². The third-order valence-corrected chi connectivity index (χ3v) is 8.38. The SMILES string of the molecule is COc1cccc([C@@]23CCN(OC)C[C@@]2(OC(C)=O)CC[C@@H](NC(=O)CCCCCc2ccccc2)C3)c1. The number of unbranched alkanes of at least 4 members (excludes halogenated alkanes) is 2. The Morgan fingerprint density at radius 1 is 1.03 bits per heavy atom. The highest BCUT2D eigenvalue weighted by Crippen LogP contribution is 2.54. The second-order valence-corrected chi connectivity index (χ2v) is 10.8. The smallest absolute Gasteiger partial charge is 0.303 e. The molecule has 1 amide bonds. The number of hydroxylamine groups is 2. The quantitative estimate of drug-likeness (QED) is 0.332. The molecule has 1 heterocycles. The normalized spacial score (nSPS) is 25.3. The van der Waals surface area contributed by atoms with Crippen molar-refractivity contribution in [1.82, 2.24) is 10.4 Å². The first kappa shape index (κ1) is 28.1. The molecule has 0 spiro atoms. The van der Waals surface area contributed by atoms with Crippen LogP contribution in [-0.4, -0.2) is 55.9 Å². The topological polar surface area (TPSA) is 77.1 Å². The van der Waals surface area contributed by atoms with Gasteiger partial charge >= 0.3 is 5.97 Å². The van der Waals surface area contributed by atoms with Gasteiger partial charge in [-0.2, -0.15) is 5.06 Å². The number of aryl methyl sites for hydroxylation is 1. The first-order valence-electron chi connectivity index (χ1n) is 13.9. The zero-order valence-electron chi connectivity index (χ0n) is 23.0. The van der Waals surface area contributed by atoms with Crippen LogP contribution in [0.1, 0.15) is 69.4 Å². The predicted octanol–water partition coefficient (Wildman–Crippen LogP) is 4.97. The monoisotopic (exact) mass is 522 g/mol. The molecule has 2 aromatic carbocycles. The maximum Gasteiger partial charge on any atom is 0.303 e. The molecule has 0 radical (unpaired) electrons. The molecule has 0 bridgehead atoms. The second-order valence-electron chi connectivity index (χ2n) is 10.8. The number of ether oxygens (including phenoxy) is 2. The third-order valence-electron chi connectivity index (χ3n) is 8.38. The molecular formula is C31H42N2O5. The average molecular weight is 523 g/mol. The number of methoxy groups -OCH3 is 1. The summed E-state index contributed by atoms with van der Waals surface area (Å²) in [4.78, 5) is 31.0. The Labute approximate surface area is 226 Å². The molecular weight excluding hydrogens is 480 g/mol.